The number of hydrogen-bond acceptors (Lipinski definition) is 4. The summed E-state index contributed by atoms with van der Waals surface area (Å²) in [4.78, 5) is 2.16. The smallest absolute Gasteiger partial charge is 0.234 e. The van der Waals surface area contributed by atoms with Crippen molar-refractivity contribution in [2.24, 2.45) is 0 Å². The predicted molar refractivity (Wildman–Crippen MR) is 47.1 cm³/mol. The summed E-state index contributed by atoms with van der Waals surface area (Å²) in [6, 6.07) is 0. The molecule has 2 fully saturated rings. The van der Waals surface area contributed by atoms with Gasteiger partial charge in [0.05, 0.1) is 25.0 Å². The zero-order chi connectivity index (χ0) is 9.05. The van der Waals surface area contributed by atoms with Crippen LogP contribution in [-0.4, -0.2) is 34.4 Å². The zero-order valence-electron chi connectivity index (χ0n) is 6.90. The highest BCUT2D eigenvalue weighted by molar-refractivity contribution is 6.32. The molecule has 3 heterocycles. The fourth-order valence-corrected chi connectivity index (χ4v) is 2.00. The maximum atomic E-state index is 5.97. The van der Waals surface area contributed by atoms with Gasteiger partial charge < -0.3 is 10.5 Å². The van der Waals surface area contributed by atoms with Crippen molar-refractivity contribution in [2.75, 3.05) is 25.4 Å². The van der Waals surface area contributed by atoms with Gasteiger partial charge in [0.25, 0.3) is 0 Å². The quantitative estimate of drug-likeness (QED) is 0.653. The van der Waals surface area contributed by atoms with Crippen LogP contribution >= 0.6 is 11.6 Å². The second kappa shape index (κ2) is 2.17. The van der Waals surface area contributed by atoms with Gasteiger partial charge in [0, 0.05) is 6.54 Å². The Hall–Kier alpha value is -0.780. The monoisotopic (exact) mass is 200 g/mol. The van der Waals surface area contributed by atoms with Crippen LogP contribution in [0.5, 0.6) is 0 Å². The first-order valence-corrected chi connectivity index (χ1v) is 4.50. The average Bonchev–Trinajstić information content (AvgIpc) is 2.49. The lowest BCUT2D eigenvalue weighted by Crippen LogP contribution is -2.23. The summed E-state index contributed by atoms with van der Waals surface area (Å²) >= 11 is 5.97. The highest BCUT2D eigenvalue weighted by Gasteiger charge is 2.60. The molecule has 2 aliphatic rings. The molecule has 0 saturated carbocycles. The van der Waals surface area contributed by atoms with Crippen LogP contribution in [0.3, 0.4) is 0 Å². The highest BCUT2D eigenvalue weighted by Crippen LogP contribution is 2.44. The van der Waals surface area contributed by atoms with Crippen LogP contribution in [0.4, 0.5) is 5.69 Å². The number of morpholine rings is 1. The molecule has 70 valence electrons. The van der Waals surface area contributed by atoms with Gasteiger partial charge in [0.15, 0.2) is 5.15 Å². The van der Waals surface area contributed by atoms with Gasteiger partial charge in [-0.05, 0) is 0 Å². The van der Waals surface area contributed by atoms with Crippen LogP contribution in [0.1, 0.15) is 0 Å². The summed E-state index contributed by atoms with van der Waals surface area (Å²) < 4.78 is 7.23. The normalized spacial score (nSPS) is 36.2. The molecule has 0 aromatic carbocycles. The lowest BCUT2D eigenvalue weighted by Gasteiger charge is -2.12. The fraction of sp³-hybridized carbons (Fsp3) is 0.571. The number of fused-ring (bicyclic) bond motifs is 1. The van der Waals surface area contributed by atoms with Crippen molar-refractivity contribution in [2.45, 2.75) is 5.85 Å². The molecule has 2 saturated heterocycles. The van der Waals surface area contributed by atoms with Crippen molar-refractivity contribution in [3.05, 3.63) is 11.3 Å². The van der Waals surface area contributed by atoms with Gasteiger partial charge in [-0.15, -0.1) is 0 Å². The van der Waals surface area contributed by atoms with Crippen LogP contribution in [0, 0.1) is 0 Å². The molecular formula is C7H9ClN4O. The van der Waals surface area contributed by atoms with Crippen molar-refractivity contribution in [1.29, 1.82) is 0 Å². The lowest BCUT2D eigenvalue weighted by molar-refractivity contribution is -0.0120. The van der Waals surface area contributed by atoms with Gasteiger partial charge in [-0.3, -0.25) is 0 Å². The van der Waals surface area contributed by atoms with Crippen LogP contribution < -0.4 is 5.73 Å². The Morgan fingerprint density at radius 3 is 3.00 bits per heavy atom. The highest BCUT2D eigenvalue weighted by atomic mass is 35.5. The van der Waals surface area contributed by atoms with E-state index in [0.29, 0.717) is 10.8 Å². The minimum atomic E-state index is -0.408. The van der Waals surface area contributed by atoms with Crippen molar-refractivity contribution in [3.8, 4) is 0 Å². The van der Waals surface area contributed by atoms with E-state index in [0.717, 1.165) is 19.7 Å². The van der Waals surface area contributed by atoms with Gasteiger partial charge in [-0.2, -0.15) is 5.10 Å². The predicted octanol–water partition coefficient (Wildman–Crippen LogP) is 0.0748. The Balaban J connectivity index is 2.05. The topological polar surface area (TPSA) is 56.1 Å². The molecule has 2 atom stereocenters. The van der Waals surface area contributed by atoms with Crippen molar-refractivity contribution < 1.29 is 4.74 Å². The molecule has 0 aliphatic carbocycles. The molecule has 3 rings (SSSR count). The maximum absolute atomic E-state index is 5.97. The number of halogens is 1. The maximum Gasteiger partial charge on any atom is 0.234 e. The molecule has 6 heteroatoms. The van der Waals surface area contributed by atoms with E-state index in [1.807, 2.05) is 0 Å². The summed E-state index contributed by atoms with van der Waals surface area (Å²) in [5.41, 5.74) is 6.09. The summed E-state index contributed by atoms with van der Waals surface area (Å²) in [7, 11) is 0. The Labute approximate surface area is 80.0 Å². The Morgan fingerprint density at radius 2 is 2.54 bits per heavy atom. The number of rotatable bonds is 1. The van der Waals surface area contributed by atoms with E-state index in [4.69, 9.17) is 22.1 Å². The minimum Gasteiger partial charge on any atom is -0.395 e. The number of anilines is 1. The van der Waals surface area contributed by atoms with Gasteiger partial charge in [-0.1, -0.05) is 11.6 Å². The number of hydrogen-bond donors (Lipinski definition) is 1. The third-order valence-electron chi connectivity index (χ3n) is 2.55. The number of nitrogen functional groups attached to an aromatic ring is 1. The molecule has 0 radical (unpaired) electrons. The minimum absolute atomic E-state index is 0.408. The summed E-state index contributed by atoms with van der Waals surface area (Å²) in [5.74, 6) is -0.408. The summed E-state index contributed by atoms with van der Waals surface area (Å²) in [5, 5.41) is 4.57. The average molecular weight is 201 g/mol. The molecule has 1 aromatic rings. The van der Waals surface area contributed by atoms with E-state index in [1.54, 1.807) is 10.9 Å². The van der Waals surface area contributed by atoms with Gasteiger partial charge in [-0.25, -0.2) is 9.58 Å². The number of ether oxygens (including phenoxy) is 1. The fourth-order valence-electron chi connectivity index (χ4n) is 1.78. The molecule has 5 nitrogen and oxygen atoms in total. The molecule has 0 bridgehead atoms. The molecule has 2 unspecified atom stereocenters. The van der Waals surface area contributed by atoms with Gasteiger partial charge in [0.2, 0.25) is 5.85 Å². The molecule has 0 spiro atoms. The summed E-state index contributed by atoms with van der Waals surface area (Å²) in [6.07, 6.45) is 1.55. The third-order valence-corrected chi connectivity index (χ3v) is 2.93. The first-order chi connectivity index (χ1) is 6.24. The van der Waals surface area contributed by atoms with E-state index < -0.39 is 5.85 Å². The van der Waals surface area contributed by atoms with E-state index in [-0.39, 0.29) is 0 Å². The Kier molecular flexibility index (Phi) is 1.27. The number of nitrogens with two attached hydrogens (primary N) is 1. The molecule has 0 amide bonds. The molecule has 13 heavy (non-hydrogen) atoms. The molecule has 2 N–H and O–H groups in total. The van der Waals surface area contributed by atoms with Crippen molar-refractivity contribution >= 4 is 17.3 Å². The zero-order valence-corrected chi connectivity index (χ0v) is 7.66. The van der Waals surface area contributed by atoms with Crippen LogP contribution in [0.2, 0.25) is 5.15 Å². The van der Waals surface area contributed by atoms with Gasteiger partial charge in [0.1, 0.15) is 0 Å². The first kappa shape index (κ1) is 7.61. The molecular weight excluding hydrogens is 192 g/mol. The third kappa shape index (κ3) is 0.815. The van der Waals surface area contributed by atoms with E-state index in [1.165, 1.54) is 0 Å². The van der Waals surface area contributed by atoms with E-state index >= 15 is 0 Å². The largest absolute Gasteiger partial charge is 0.395 e. The Bertz CT molecular complexity index is 365. The van der Waals surface area contributed by atoms with E-state index in [9.17, 15) is 0 Å². The molecule has 1 aromatic heterocycles. The Morgan fingerprint density at radius 1 is 1.69 bits per heavy atom. The van der Waals surface area contributed by atoms with Gasteiger partial charge >= 0.3 is 0 Å². The van der Waals surface area contributed by atoms with Crippen LogP contribution in [0.25, 0.3) is 0 Å². The van der Waals surface area contributed by atoms with Crippen molar-refractivity contribution in [1.82, 2.24) is 14.7 Å². The van der Waals surface area contributed by atoms with Crippen molar-refractivity contribution in [3.63, 3.8) is 0 Å². The summed E-state index contributed by atoms with van der Waals surface area (Å²) in [6.45, 7) is 2.53. The number of nitrogens with zero attached hydrogens (tertiary/aromatic N) is 3. The van der Waals surface area contributed by atoms with E-state index in [2.05, 4.69) is 10.00 Å². The first-order valence-electron chi connectivity index (χ1n) is 4.12. The standard InChI is InChI=1S/C7H9ClN4O/c8-6-5(9)3-10-12(6)7-4-11(7)1-2-13-7/h3H,1-2,4,9H2. The second-order valence-electron chi connectivity index (χ2n) is 3.32. The lowest BCUT2D eigenvalue weighted by atomic mass is 10.6. The SMILES string of the molecule is Nc1cnn(C23CN2CCO3)c1Cl. The van der Waals surface area contributed by atoms with Crippen LogP contribution in [-0.2, 0) is 10.6 Å². The molecule has 2 aliphatic heterocycles. The van der Waals surface area contributed by atoms with Crippen LogP contribution in [0.15, 0.2) is 6.20 Å². The number of aromatic nitrogens is 2. The second-order valence-corrected chi connectivity index (χ2v) is 3.67.